The number of rotatable bonds is 3. The average molecular weight is 344 g/mol. The first kappa shape index (κ1) is 13.8. The highest BCUT2D eigenvalue weighted by Gasteiger charge is 2.04. The Labute approximate surface area is 130 Å². The Bertz CT molecular complexity index is 795. The van der Waals surface area contributed by atoms with Gasteiger partial charge < -0.3 is 4.42 Å². The van der Waals surface area contributed by atoms with Crippen molar-refractivity contribution in [2.75, 3.05) is 0 Å². The molecule has 0 amide bonds. The van der Waals surface area contributed by atoms with Crippen LogP contribution in [-0.2, 0) is 0 Å². The fraction of sp³-hybridized carbons (Fsp3) is 0. The number of furan rings is 1. The van der Waals surface area contributed by atoms with E-state index in [1.165, 1.54) is 12.1 Å². The zero-order valence-corrected chi connectivity index (χ0v) is 12.5. The van der Waals surface area contributed by atoms with Gasteiger partial charge in [-0.05, 0) is 42.5 Å². The molecular formula is C17H11BrFNO. The largest absolute Gasteiger partial charge is 0.455 e. The van der Waals surface area contributed by atoms with E-state index < -0.39 is 0 Å². The minimum Gasteiger partial charge on any atom is -0.455 e. The summed E-state index contributed by atoms with van der Waals surface area (Å²) in [4.78, 5) is 4.34. The summed E-state index contributed by atoms with van der Waals surface area (Å²) in [6, 6.07) is 17.6. The molecule has 0 N–H and O–H groups in total. The first-order chi connectivity index (χ1) is 10.2. The molecule has 0 aliphatic carbocycles. The quantitative estimate of drug-likeness (QED) is 0.568. The molecule has 3 aromatic rings. The van der Waals surface area contributed by atoms with Crippen LogP contribution in [-0.4, -0.2) is 6.21 Å². The van der Waals surface area contributed by atoms with Crippen LogP contribution in [0.4, 0.5) is 10.1 Å². The molecule has 4 heteroatoms. The maximum Gasteiger partial charge on any atom is 0.145 e. The van der Waals surface area contributed by atoms with E-state index in [0.29, 0.717) is 17.1 Å². The lowest BCUT2D eigenvalue weighted by Crippen LogP contribution is -1.77. The Balaban J connectivity index is 1.82. The number of halogens is 2. The Morgan fingerprint density at radius 1 is 1.00 bits per heavy atom. The van der Waals surface area contributed by atoms with Gasteiger partial charge in [-0.15, -0.1) is 0 Å². The van der Waals surface area contributed by atoms with Crippen molar-refractivity contribution >= 4 is 27.8 Å². The van der Waals surface area contributed by atoms with Crippen molar-refractivity contribution in [3.8, 4) is 11.3 Å². The normalized spacial score (nSPS) is 11.1. The summed E-state index contributed by atoms with van der Waals surface area (Å²) in [5.74, 6) is 0.952. The summed E-state index contributed by atoms with van der Waals surface area (Å²) >= 11 is 3.40. The molecule has 0 radical (unpaired) electrons. The van der Waals surface area contributed by atoms with Crippen LogP contribution in [0.15, 0.2) is 74.5 Å². The van der Waals surface area contributed by atoms with Crippen LogP contribution in [0.5, 0.6) is 0 Å². The molecule has 2 nitrogen and oxygen atoms in total. The van der Waals surface area contributed by atoms with Crippen LogP contribution in [0.25, 0.3) is 11.3 Å². The van der Waals surface area contributed by atoms with Gasteiger partial charge in [0, 0.05) is 10.0 Å². The van der Waals surface area contributed by atoms with E-state index in [1.54, 1.807) is 24.4 Å². The zero-order chi connectivity index (χ0) is 14.7. The third kappa shape index (κ3) is 3.47. The summed E-state index contributed by atoms with van der Waals surface area (Å²) in [6.07, 6.45) is 1.64. The minimum absolute atomic E-state index is 0.284. The van der Waals surface area contributed by atoms with Gasteiger partial charge in [-0.3, -0.25) is 4.99 Å². The second-order valence-electron chi connectivity index (χ2n) is 4.45. The number of aliphatic imine (C=N–C) groups is 1. The summed E-state index contributed by atoms with van der Waals surface area (Å²) in [5, 5.41) is 0. The van der Waals surface area contributed by atoms with Crippen molar-refractivity contribution in [2.45, 2.75) is 0 Å². The van der Waals surface area contributed by atoms with Crippen LogP contribution < -0.4 is 0 Å². The molecule has 2 aromatic carbocycles. The van der Waals surface area contributed by atoms with Gasteiger partial charge >= 0.3 is 0 Å². The molecule has 1 aromatic heterocycles. The maximum atomic E-state index is 13.2. The lowest BCUT2D eigenvalue weighted by Gasteiger charge is -1.96. The van der Waals surface area contributed by atoms with Crippen molar-refractivity contribution in [2.24, 2.45) is 4.99 Å². The van der Waals surface area contributed by atoms with Gasteiger partial charge in [0.2, 0.25) is 0 Å². The second kappa shape index (κ2) is 6.06. The second-order valence-corrected chi connectivity index (χ2v) is 5.37. The molecule has 0 unspecified atom stereocenters. The molecule has 0 saturated heterocycles. The van der Waals surface area contributed by atoms with Crippen molar-refractivity contribution in [1.82, 2.24) is 0 Å². The lowest BCUT2D eigenvalue weighted by atomic mass is 10.2. The summed E-state index contributed by atoms with van der Waals surface area (Å²) in [6.45, 7) is 0. The molecule has 3 rings (SSSR count). The van der Waals surface area contributed by atoms with Gasteiger partial charge in [0.05, 0.1) is 11.9 Å². The third-order valence-electron chi connectivity index (χ3n) is 2.88. The zero-order valence-electron chi connectivity index (χ0n) is 11.0. The predicted molar refractivity (Wildman–Crippen MR) is 85.5 cm³/mol. The molecule has 0 aliphatic heterocycles. The molecule has 0 atom stereocenters. The van der Waals surface area contributed by atoms with Gasteiger partial charge in [-0.25, -0.2) is 4.39 Å². The average Bonchev–Trinajstić information content (AvgIpc) is 2.94. The standard InChI is InChI=1S/C17H11BrFNO/c18-13-4-2-6-15(10-13)20-11-16-7-8-17(21-16)12-3-1-5-14(19)9-12/h1-11H. The Morgan fingerprint density at radius 3 is 2.67 bits per heavy atom. The summed E-state index contributed by atoms with van der Waals surface area (Å²) < 4.78 is 19.8. The van der Waals surface area contributed by atoms with Crippen molar-refractivity contribution in [3.63, 3.8) is 0 Å². The molecule has 104 valence electrons. The highest BCUT2D eigenvalue weighted by atomic mass is 79.9. The molecule has 0 aliphatic rings. The fourth-order valence-electron chi connectivity index (χ4n) is 1.91. The van der Waals surface area contributed by atoms with Crippen LogP contribution >= 0.6 is 15.9 Å². The highest BCUT2D eigenvalue weighted by molar-refractivity contribution is 9.10. The van der Waals surface area contributed by atoms with Crippen molar-refractivity contribution in [1.29, 1.82) is 0 Å². The maximum absolute atomic E-state index is 13.2. The van der Waals surface area contributed by atoms with Gasteiger partial charge in [0.1, 0.15) is 17.3 Å². The molecule has 0 bridgehead atoms. The number of hydrogen-bond acceptors (Lipinski definition) is 2. The number of hydrogen-bond donors (Lipinski definition) is 0. The molecule has 0 spiro atoms. The molecular weight excluding hydrogens is 333 g/mol. The monoisotopic (exact) mass is 343 g/mol. The van der Waals surface area contributed by atoms with Gasteiger partial charge in [0.25, 0.3) is 0 Å². The van der Waals surface area contributed by atoms with Crippen LogP contribution in [0.1, 0.15) is 5.76 Å². The topological polar surface area (TPSA) is 25.5 Å². The molecule has 0 fully saturated rings. The first-order valence-electron chi connectivity index (χ1n) is 6.36. The minimum atomic E-state index is -0.284. The van der Waals surface area contributed by atoms with Crippen LogP contribution in [0.2, 0.25) is 0 Å². The van der Waals surface area contributed by atoms with E-state index in [1.807, 2.05) is 30.3 Å². The Hall–Kier alpha value is -2.20. The van der Waals surface area contributed by atoms with Crippen molar-refractivity contribution < 1.29 is 8.81 Å². The number of benzene rings is 2. The van der Waals surface area contributed by atoms with E-state index in [-0.39, 0.29) is 5.82 Å². The fourth-order valence-corrected chi connectivity index (χ4v) is 2.30. The van der Waals surface area contributed by atoms with E-state index in [2.05, 4.69) is 20.9 Å². The van der Waals surface area contributed by atoms with Gasteiger partial charge in [-0.2, -0.15) is 0 Å². The Morgan fingerprint density at radius 2 is 1.86 bits per heavy atom. The van der Waals surface area contributed by atoms with Crippen LogP contribution in [0, 0.1) is 5.82 Å². The van der Waals surface area contributed by atoms with E-state index in [9.17, 15) is 4.39 Å². The lowest BCUT2D eigenvalue weighted by molar-refractivity contribution is 0.573. The molecule has 1 heterocycles. The van der Waals surface area contributed by atoms with Gasteiger partial charge in [0.15, 0.2) is 0 Å². The number of nitrogens with zero attached hydrogens (tertiary/aromatic N) is 1. The molecule has 0 saturated carbocycles. The highest BCUT2D eigenvalue weighted by Crippen LogP contribution is 2.23. The molecule has 21 heavy (non-hydrogen) atoms. The Kier molecular flexibility index (Phi) is 3.97. The smallest absolute Gasteiger partial charge is 0.145 e. The predicted octanol–water partition coefficient (Wildman–Crippen LogP) is 5.60. The van der Waals surface area contributed by atoms with E-state index >= 15 is 0 Å². The van der Waals surface area contributed by atoms with E-state index in [0.717, 1.165) is 10.2 Å². The summed E-state index contributed by atoms with van der Waals surface area (Å²) in [5.41, 5.74) is 1.53. The SMILES string of the molecule is Fc1cccc(-c2ccc(C=Nc3cccc(Br)c3)o2)c1. The third-order valence-corrected chi connectivity index (χ3v) is 3.38. The van der Waals surface area contributed by atoms with Crippen molar-refractivity contribution in [3.05, 3.63) is 76.7 Å². The van der Waals surface area contributed by atoms with E-state index in [4.69, 9.17) is 4.42 Å². The first-order valence-corrected chi connectivity index (χ1v) is 7.15. The van der Waals surface area contributed by atoms with Crippen LogP contribution in [0.3, 0.4) is 0 Å². The summed E-state index contributed by atoms with van der Waals surface area (Å²) in [7, 11) is 0. The van der Waals surface area contributed by atoms with Gasteiger partial charge in [-0.1, -0.05) is 34.1 Å².